The van der Waals surface area contributed by atoms with Crippen LogP contribution in [0.2, 0.25) is 0 Å². The van der Waals surface area contributed by atoms with Crippen molar-refractivity contribution < 1.29 is 32.7 Å². The molecule has 6 aliphatic rings. The van der Waals surface area contributed by atoms with Crippen molar-refractivity contribution in [2.45, 2.75) is 53.8 Å². The Bertz CT molecular complexity index is 1330. The van der Waals surface area contributed by atoms with E-state index >= 15 is 0 Å². The van der Waals surface area contributed by atoms with Crippen molar-refractivity contribution in [3.8, 4) is 0 Å². The van der Waals surface area contributed by atoms with Gasteiger partial charge in [-0.15, -0.1) is 0 Å². The number of carbonyl (C=O) groups excluding carboxylic acids is 2. The van der Waals surface area contributed by atoms with E-state index in [4.69, 9.17) is 23.1 Å². The van der Waals surface area contributed by atoms with Crippen molar-refractivity contribution in [1.82, 2.24) is 0 Å². The summed E-state index contributed by atoms with van der Waals surface area (Å²) in [5.74, 6) is -0.821. The maximum absolute atomic E-state index is 13.4. The molecule has 8 rings (SSSR count). The van der Waals surface area contributed by atoms with Crippen molar-refractivity contribution in [3.05, 3.63) is 57.6 Å². The van der Waals surface area contributed by atoms with E-state index in [2.05, 4.69) is 65.8 Å². The first-order chi connectivity index (χ1) is 18.0. The molecule has 3 aliphatic carbocycles. The summed E-state index contributed by atoms with van der Waals surface area (Å²) in [6.45, 7) is 13.2. The van der Waals surface area contributed by atoms with Crippen molar-refractivity contribution in [2.75, 3.05) is 27.4 Å². The molecule has 0 radical (unpaired) electrons. The molecule has 200 valence electrons. The summed E-state index contributed by atoms with van der Waals surface area (Å²) in [7, 11) is -0.570. The van der Waals surface area contributed by atoms with E-state index in [1.54, 1.807) is 0 Å². The highest BCUT2D eigenvalue weighted by Gasteiger charge is 3.25. The third-order valence-corrected chi connectivity index (χ3v) is 14.6. The molecule has 2 aromatic carbocycles. The molecule has 38 heavy (non-hydrogen) atoms. The van der Waals surface area contributed by atoms with Crippen molar-refractivity contribution in [3.63, 3.8) is 0 Å². The lowest BCUT2D eigenvalue weighted by atomic mass is 9.57. The monoisotopic (exact) mass is 534 g/mol. The standard InChI is InChI=1S/C30H34O7Si/c1-15-9-17(3)21(18(4)10-15)38(22-19(5)11-16(2)12-20(22)6)35-13-27-23-29(27,25(31)33-7)30(26(32)34-8)24(37-23)28(27,30)14-36-38/h9-12,23-24H,13-14H2,1-8H3. The summed E-state index contributed by atoms with van der Waals surface area (Å²) < 4.78 is 31.3. The maximum atomic E-state index is 13.4. The summed E-state index contributed by atoms with van der Waals surface area (Å²) >= 11 is 0. The normalized spacial score (nSPS) is 38.3. The Hall–Kier alpha value is -2.52. The van der Waals surface area contributed by atoms with Gasteiger partial charge in [0.2, 0.25) is 0 Å². The molecule has 6 atom stereocenters. The van der Waals surface area contributed by atoms with Crippen LogP contribution in [0.5, 0.6) is 0 Å². The van der Waals surface area contributed by atoms with E-state index in [-0.39, 0.29) is 13.2 Å². The van der Waals surface area contributed by atoms with Gasteiger partial charge in [-0.05, 0) is 63.8 Å². The van der Waals surface area contributed by atoms with Crippen molar-refractivity contribution in [2.24, 2.45) is 21.7 Å². The van der Waals surface area contributed by atoms with Gasteiger partial charge < -0.3 is 23.1 Å². The number of esters is 2. The molecule has 8 heteroatoms. The van der Waals surface area contributed by atoms with Gasteiger partial charge in [-0.3, -0.25) is 9.59 Å². The minimum atomic E-state index is -3.32. The lowest BCUT2D eigenvalue weighted by molar-refractivity contribution is -0.182. The fourth-order valence-corrected chi connectivity index (χ4v) is 14.1. The van der Waals surface area contributed by atoms with Crippen LogP contribution in [0.3, 0.4) is 0 Å². The first-order valence-corrected chi connectivity index (χ1v) is 15.1. The molecule has 2 spiro atoms. The van der Waals surface area contributed by atoms with Gasteiger partial charge in [0.05, 0.1) is 37.3 Å². The second-order valence-corrected chi connectivity index (χ2v) is 15.0. The fourth-order valence-electron chi connectivity index (χ4n) is 9.94. The molecule has 0 amide bonds. The minimum Gasteiger partial charge on any atom is -0.468 e. The molecule has 2 aromatic rings. The molecule has 0 aromatic heterocycles. The van der Waals surface area contributed by atoms with E-state index in [9.17, 15) is 9.59 Å². The Labute approximate surface area is 224 Å². The van der Waals surface area contributed by atoms with Gasteiger partial charge in [-0.1, -0.05) is 35.4 Å². The zero-order valence-corrected chi connectivity index (χ0v) is 24.2. The Morgan fingerprint density at radius 1 is 0.711 bits per heavy atom. The maximum Gasteiger partial charge on any atom is 0.408 e. The molecule has 3 saturated carbocycles. The van der Waals surface area contributed by atoms with Crippen LogP contribution in [0.4, 0.5) is 0 Å². The van der Waals surface area contributed by atoms with E-state index in [0.29, 0.717) is 0 Å². The van der Waals surface area contributed by atoms with Crippen LogP contribution in [0.25, 0.3) is 0 Å². The van der Waals surface area contributed by atoms with Crippen LogP contribution in [-0.2, 0) is 32.7 Å². The number of carbonyl (C=O) groups is 2. The van der Waals surface area contributed by atoms with Gasteiger partial charge in [0.25, 0.3) is 0 Å². The highest BCUT2D eigenvalue weighted by molar-refractivity contribution is 6.93. The number of benzene rings is 2. The van der Waals surface area contributed by atoms with Crippen LogP contribution < -0.4 is 10.4 Å². The smallest absolute Gasteiger partial charge is 0.408 e. The predicted molar refractivity (Wildman–Crippen MR) is 141 cm³/mol. The van der Waals surface area contributed by atoms with Crippen molar-refractivity contribution in [1.29, 1.82) is 0 Å². The highest BCUT2D eigenvalue weighted by Crippen LogP contribution is 3.10. The molecule has 3 heterocycles. The van der Waals surface area contributed by atoms with E-state index in [0.717, 1.165) is 32.6 Å². The Morgan fingerprint density at radius 2 is 1.05 bits per heavy atom. The van der Waals surface area contributed by atoms with Gasteiger partial charge in [-0.25, -0.2) is 0 Å². The summed E-state index contributed by atoms with van der Waals surface area (Å²) in [6.07, 6.45) is -0.860. The molecule has 3 saturated heterocycles. The predicted octanol–water partition coefficient (Wildman–Crippen LogP) is 2.24. The Balaban J connectivity index is 1.46. The number of hydrogen-bond acceptors (Lipinski definition) is 7. The van der Waals surface area contributed by atoms with Gasteiger partial charge in [0, 0.05) is 23.6 Å². The highest BCUT2D eigenvalue weighted by atomic mass is 28.4. The van der Waals surface area contributed by atoms with Crippen LogP contribution in [0.1, 0.15) is 33.4 Å². The topological polar surface area (TPSA) is 80.3 Å². The number of hydrogen-bond donors (Lipinski definition) is 0. The lowest BCUT2D eigenvalue weighted by Crippen LogP contribution is -2.66. The minimum absolute atomic E-state index is 0.272. The largest absolute Gasteiger partial charge is 0.468 e. The summed E-state index contributed by atoms with van der Waals surface area (Å²) in [5, 5.41) is 2.21. The van der Waals surface area contributed by atoms with Crippen LogP contribution in [0, 0.1) is 63.2 Å². The molecule has 6 fully saturated rings. The number of methoxy groups -OCH3 is 2. The third-order valence-electron chi connectivity index (χ3n) is 10.6. The molecule has 2 bridgehead atoms. The van der Waals surface area contributed by atoms with Gasteiger partial charge in [-0.2, -0.15) is 0 Å². The van der Waals surface area contributed by atoms with Gasteiger partial charge in [0.1, 0.15) is 10.8 Å². The number of rotatable bonds is 4. The van der Waals surface area contributed by atoms with Crippen LogP contribution in [0.15, 0.2) is 24.3 Å². The second-order valence-electron chi connectivity index (χ2n) is 12.2. The second kappa shape index (κ2) is 6.97. The quantitative estimate of drug-likeness (QED) is 0.440. The lowest BCUT2D eigenvalue weighted by Gasteiger charge is -2.43. The van der Waals surface area contributed by atoms with Crippen LogP contribution >= 0.6 is 0 Å². The average Bonchev–Trinajstić information content (AvgIpc) is 3.49. The molecular formula is C30H34O7Si. The fraction of sp³-hybridized carbons (Fsp3) is 0.533. The summed E-state index contributed by atoms with van der Waals surface area (Å²) in [6, 6.07) is 8.74. The van der Waals surface area contributed by atoms with E-state index in [1.807, 2.05) is 0 Å². The zero-order valence-electron chi connectivity index (χ0n) is 23.2. The Kier molecular flexibility index (Phi) is 4.49. The Morgan fingerprint density at radius 3 is 1.37 bits per heavy atom. The molecular weight excluding hydrogens is 500 g/mol. The molecule has 3 aliphatic heterocycles. The zero-order chi connectivity index (χ0) is 27.2. The van der Waals surface area contributed by atoms with Crippen LogP contribution in [-0.4, -0.2) is 60.1 Å². The third kappa shape index (κ3) is 2.04. The molecule has 6 unspecified atom stereocenters. The SMILES string of the molecule is COC(=O)C12C3OC4C5(CO[Si](c6c(C)cc(C)cc6C)(c6c(C)cc(C)cc6C)OCC351)C42C(=O)OC. The van der Waals surface area contributed by atoms with E-state index < -0.39 is 54.4 Å². The first kappa shape index (κ1) is 24.5. The van der Waals surface area contributed by atoms with Gasteiger partial charge in [0.15, 0.2) is 0 Å². The summed E-state index contributed by atoms with van der Waals surface area (Å²) in [5.41, 5.74) is 3.43. The first-order valence-electron chi connectivity index (χ1n) is 13.3. The molecule has 7 nitrogen and oxygen atoms in total. The van der Waals surface area contributed by atoms with E-state index in [1.165, 1.54) is 25.3 Å². The van der Waals surface area contributed by atoms with Crippen molar-refractivity contribution >= 4 is 30.9 Å². The number of ether oxygens (including phenoxy) is 3. The average molecular weight is 535 g/mol. The number of aryl methyl sites for hydroxylation is 6. The summed E-state index contributed by atoms with van der Waals surface area (Å²) in [4.78, 5) is 26.8. The molecule has 0 N–H and O–H groups in total. The van der Waals surface area contributed by atoms with Gasteiger partial charge >= 0.3 is 20.5 Å².